The highest BCUT2D eigenvalue weighted by Crippen LogP contribution is 2.36. The van der Waals surface area contributed by atoms with E-state index in [1.54, 1.807) is 6.20 Å². The number of nitrogens with two attached hydrogens (primary N) is 1. The van der Waals surface area contributed by atoms with E-state index in [0.717, 1.165) is 53.0 Å². The molecule has 0 saturated carbocycles. The SMILES string of the molecule is Cc1ccc(Cl)c2c(CCCCN)c(-c3cccnc3)[nH]c12. The summed E-state index contributed by atoms with van der Waals surface area (Å²) in [4.78, 5) is 7.80. The molecule has 0 amide bonds. The van der Waals surface area contributed by atoms with Crippen molar-refractivity contribution in [3.63, 3.8) is 0 Å². The Labute approximate surface area is 135 Å². The Balaban J connectivity index is 2.19. The first-order chi connectivity index (χ1) is 10.7. The Kier molecular flexibility index (Phi) is 4.46. The van der Waals surface area contributed by atoms with Crippen LogP contribution in [0.15, 0.2) is 36.7 Å². The van der Waals surface area contributed by atoms with Gasteiger partial charge in [0, 0.05) is 23.3 Å². The number of pyridine rings is 1. The number of fused-ring (bicyclic) bond motifs is 1. The summed E-state index contributed by atoms with van der Waals surface area (Å²) in [5.74, 6) is 0. The molecular weight excluding hydrogens is 294 g/mol. The van der Waals surface area contributed by atoms with Crippen molar-refractivity contribution in [3.8, 4) is 11.3 Å². The second-order valence-electron chi connectivity index (χ2n) is 5.58. The number of rotatable bonds is 5. The largest absolute Gasteiger partial charge is 0.354 e. The van der Waals surface area contributed by atoms with E-state index in [9.17, 15) is 0 Å². The maximum absolute atomic E-state index is 6.49. The minimum atomic E-state index is 0.720. The van der Waals surface area contributed by atoms with Gasteiger partial charge < -0.3 is 10.7 Å². The molecule has 0 aliphatic rings. The lowest BCUT2D eigenvalue weighted by atomic mass is 10.0. The van der Waals surface area contributed by atoms with Crippen LogP contribution in [0.3, 0.4) is 0 Å². The maximum Gasteiger partial charge on any atom is 0.0513 e. The fourth-order valence-electron chi connectivity index (χ4n) is 2.92. The Hall–Kier alpha value is -1.84. The average molecular weight is 314 g/mol. The van der Waals surface area contributed by atoms with Crippen LogP contribution in [0.1, 0.15) is 24.0 Å². The van der Waals surface area contributed by atoms with Crippen LogP contribution in [0.4, 0.5) is 0 Å². The molecule has 1 aromatic carbocycles. The predicted octanol–water partition coefficient (Wildman–Crippen LogP) is 4.47. The number of nitrogens with one attached hydrogen (secondary N) is 1. The highest BCUT2D eigenvalue weighted by molar-refractivity contribution is 6.36. The van der Waals surface area contributed by atoms with E-state index in [2.05, 4.69) is 29.0 Å². The lowest BCUT2D eigenvalue weighted by molar-refractivity contribution is 0.748. The second kappa shape index (κ2) is 6.51. The summed E-state index contributed by atoms with van der Waals surface area (Å²) in [5, 5.41) is 1.94. The van der Waals surface area contributed by atoms with Crippen molar-refractivity contribution >= 4 is 22.5 Å². The minimum absolute atomic E-state index is 0.720. The number of aromatic amines is 1. The number of aryl methyl sites for hydroxylation is 2. The van der Waals surface area contributed by atoms with Gasteiger partial charge in [0.15, 0.2) is 0 Å². The Morgan fingerprint density at radius 3 is 2.82 bits per heavy atom. The van der Waals surface area contributed by atoms with E-state index in [4.69, 9.17) is 17.3 Å². The van der Waals surface area contributed by atoms with Crippen LogP contribution >= 0.6 is 11.6 Å². The van der Waals surface area contributed by atoms with Crippen molar-refractivity contribution in [2.75, 3.05) is 6.54 Å². The molecule has 0 bridgehead atoms. The number of unbranched alkanes of at least 4 members (excludes halogenated alkanes) is 1. The van der Waals surface area contributed by atoms with Gasteiger partial charge in [-0.25, -0.2) is 0 Å². The van der Waals surface area contributed by atoms with Gasteiger partial charge >= 0.3 is 0 Å². The van der Waals surface area contributed by atoms with Crippen molar-refractivity contribution in [3.05, 3.63) is 52.8 Å². The number of H-pyrrole nitrogens is 1. The van der Waals surface area contributed by atoms with Crippen LogP contribution in [0, 0.1) is 6.92 Å². The number of nitrogens with zero attached hydrogens (tertiary/aromatic N) is 1. The molecule has 3 aromatic rings. The fraction of sp³-hybridized carbons (Fsp3) is 0.278. The Morgan fingerprint density at radius 2 is 2.09 bits per heavy atom. The molecule has 2 heterocycles. The van der Waals surface area contributed by atoms with Gasteiger partial charge in [0.25, 0.3) is 0 Å². The molecule has 0 aliphatic heterocycles. The first-order valence-electron chi connectivity index (χ1n) is 7.62. The molecule has 4 heteroatoms. The van der Waals surface area contributed by atoms with Crippen molar-refractivity contribution < 1.29 is 0 Å². The molecule has 3 N–H and O–H groups in total. The number of aromatic nitrogens is 2. The zero-order valence-electron chi connectivity index (χ0n) is 12.7. The van der Waals surface area contributed by atoms with E-state index in [1.165, 1.54) is 11.1 Å². The third kappa shape index (κ3) is 2.74. The second-order valence-corrected chi connectivity index (χ2v) is 5.99. The topological polar surface area (TPSA) is 54.7 Å². The standard InChI is InChI=1S/C18H20ClN3/c1-12-7-8-15(19)16-14(6-2-3-9-20)18(22-17(12)16)13-5-4-10-21-11-13/h4-5,7-8,10-11,22H,2-3,6,9,20H2,1H3. The van der Waals surface area contributed by atoms with Crippen LogP contribution < -0.4 is 5.73 Å². The first-order valence-corrected chi connectivity index (χ1v) is 8.00. The summed E-state index contributed by atoms with van der Waals surface area (Å²) < 4.78 is 0. The van der Waals surface area contributed by atoms with E-state index >= 15 is 0 Å². The zero-order chi connectivity index (χ0) is 15.5. The third-order valence-corrected chi connectivity index (χ3v) is 4.36. The summed E-state index contributed by atoms with van der Waals surface area (Å²) >= 11 is 6.49. The summed E-state index contributed by atoms with van der Waals surface area (Å²) in [6, 6.07) is 8.07. The van der Waals surface area contributed by atoms with Crippen LogP contribution in [0.5, 0.6) is 0 Å². The number of hydrogen-bond donors (Lipinski definition) is 2. The summed E-state index contributed by atoms with van der Waals surface area (Å²) in [5.41, 5.74) is 11.4. The molecule has 0 spiro atoms. The van der Waals surface area contributed by atoms with Crippen molar-refractivity contribution in [1.82, 2.24) is 9.97 Å². The summed E-state index contributed by atoms with van der Waals surface area (Å²) in [7, 11) is 0. The Bertz CT molecular complexity index is 778. The molecule has 0 aliphatic carbocycles. The molecule has 2 aromatic heterocycles. The van der Waals surface area contributed by atoms with Crippen LogP contribution in [0.2, 0.25) is 5.02 Å². The fourth-order valence-corrected chi connectivity index (χ4v) is 3.19. The minimum Gasteiger partial charge on any atom is -0.354 e. The van der Waals surface area contributed by atoms with Gasteiger partial charge in [0.1, 0.15) is 0 Å². The van der Waals surface area contributed by atoms with Crippen LogP contribution in [-0.2, 0) is 6.42 Å². The maximum atomic E-state index is 6.49. The van der Waals surface area contributed by atoms with Crippen LogP contribution in [0.25, 0.3) is 22.2 Å². The van der Waals surface area contributed by atoms with Crippen LogP contribution in [-0.4, -0.2) is 16.5 Å². The number of hydrogen-bond acceptors (Lipinski definition) is 2. The lowest BCUT2D eigenvalue weighted by Gasteiger charge is -2.05. The molecule has 0 radical (unpaired) electrons. The molecule has 0 unspecified atom stereocenters. The normalized spacial score (nSPS) is 11.2. The van der Waals surface area contributed by atoms with Gasteiger partial charge in [-0.3, -0.25) is 4.98 Å². The smallest absolute Gasteiger partial charge is 0.0513 e. The van der Waals surface area contributed by atoms with Gasteiger partial charge in [-0.15, -0.1) is 0 Å². The molecule has 0 fully saturated rings. The molecule has 3 nitrogen and oxygen atoms in total. The van der Waals surface area contributed by atoms with Crippen molar-refractivity contribution in [1.29, 1.82) is 0 Å². The molecule has 0 saturated heterocycles. The van der Waals surface area contributed by atoms with E-state index < -0.39 is 0 Å². The highest BCUT2D eigenvalue weighted by Gasteiger charge is 2.16. The molecule has 22 heavy (non-hydrogen) atoms. The molecule has 3 rings (SSSR count). The monoisotopic (exact) mass is 313 g/mol. The van der Waals surface area contributed by atoms with Crippen molar-refractivity contribution in [2.45, 2.75) is 26.2 Å². The average Bonchev–Trinajstić information content (AvgIpc) is 2.93. The summed E-state index contributed by atoms with van der Waals surface area (Å²) in [6.45, 7) is 2.82. The van der Waals surface area contributed by atoms with Gasteiger partial charge in [-0.2, -0.15) is 0 Å². The van der Waals surface area contributed by atoms with E-state index in [1.807, 2.05) is 18.3 Å². The van der Waals surface area contributed by atoms with Gasteiger partial charge in [0.05, 0.1) is 16.2 Å². The summed E-state index contributed by atoms with van der Waals surface area (Å²) in [6.07, 6.45) is 6.72. The van der Waals surface area contributed by atoms with Gasteiger partial charge in [0.2, 0.25) is 0 Å². The van der Waals surface area contributed by atoms with Gasteiger partial charge in [-0.05, 0) is 62.1 Å². The number of benzene rings is 1. The molecular formula is C18H20ClN3. The first kappa shape index (κ1) is 15.1. The van der Waals surface area contributed by atoms with Gasteiger partial charge in [-0.1, -0.05) is 17.7 Å². The third-order valence-electron chi connectivity index (χ3n) is 4.05. The van der Waals surface area contributed by atoms with E-state index in [0.29, 0.717) is 0 Å². The van der Waals surface area contributed by atoms with Crippen molar-refractivity contribution in [2.24, 2.45) is 5.73 Å². The lowest BCUT2D eigenvalue weighted by Crippen LogP contribution is -1.99. The molecule has 114 valence electrons. The molecule has 0 atom stereocenters. The zero-order valence-corrected chi connectivity index (χ0v) is 13.5. The predicted molar refractivity (Wildman–Crippen MR) is 93.3 cm³/mol. The highest BCUT2D eigenvalue weighted by atomic mass is 35.5. The number of halogens is 1. The van der Waals surface area contributed by atoms with E-state index in [-0.39, 0.29) is 0 Å². The Morgan fingerprint density at radius 1 is 1.23 bits per heavy atom. The quantitative estimate of drug-likeness (QED) is 0.683.